The van der Waals surface area contributed by atoms with E-state index in [-0.39, 0.29) is 5.91 Å². The van der Waals surface area contributed by atoms with Crippen LogP contribution in [-0.4, -0.2) is 16.7 Å². The topological polar surface area (TPSA) is 34.0 Å². The minimum Gasteiger partial charge on any atom is -0.331 e. The van der Waals surface area contributed by atoms with Gasteiger partial charge in [-0.3, -0.25) is 4.79 Å². The molecule has 0 atom stereocenters. The molecule has 3 nitrogen and oxygen atoms in total. The van der Waals surface area contributed by atoms with Crippen molar-refractivity contribution in [2.75, 3.05) is 11.6 Å². The Morgan fingerprint density at radius 1 is 1.04 bits per heavy atom. The Bertz CT molecular complexity index is 1070. The number of nitrogens with one attached hydrogen (secondary N) is 1. The van der Waals surface area contributed by atoms with E-state index in [0.717, 1.165) is 21.7 Å². The van der Waals surface area contributed by atoms with Crippen LogP contribution in [0.1, 0.15) is 21.6 Å². The number of thioether (sulfide) groups is 1. The molecule has 27 heavy (non-hydrogen) atoms. The molecule has 0 spiro atoms. The van der Waals surface area contributed by atoms with Crippen molar-refractivity contribution in [2.24, 2.45) is 0 Å². The monoisotopic (exact) mass is 392 g/mol. The van der Waals surface area contributed by atoms with Crippen LogP contribution in [0.5, 0.6) is 0 Å². The smallest absolute Gasteiger partial charge is 0.272 e. The van der Waals surface area contributed by atoms with E-state index in [1.54, 1.807) is 23.1 Å². The number of aromatic nitrogens is 1. The Balaban J connectivity index is 1.64. The third kappa shape index (κ3) is 3.94. The van der Waals surface area contributed by atoms with E-state index in [9.17, 15) is 4.79 Å². The zero-order valence-corrected chi connectivity index (χ0v) is 16.6. The third-order valence-electron chi connectivity index (χ3n) is 4.43. The summed E-state index contributed by atoms with van der Waals surface area (Å²) in [6.45, 7) is 0.677. The predicted molar refractivity (Wildman–Crippen MR) is 117 cm³/mol. The SMILES string of the molecule is CSCc1cccc(NC(=O)c2cc3sccc3n2Cc2ccccc2)c1. The minimum absolute atomic E-state index is 0.0735. The fourth-order valence-corrected chi connectivity index (χ4v) is 4.54. The third-order valence-corrected chi connectivity index (χ3v) is 5.91. The first-order valence-corrected chi connectivity index (χ1v) is 11.0. The Labute approximate surface area is 167 Å². The van der Waals surface area contributed by atoms with E-state index >= 15 is 0 Å². The van der Waals surface area contributed by atoms with Crippen LogP contribution in [0.2, 0.25) is 0 Å². The normalized spacial score (nSPS) is 11.0. The van der Waals surface area contributed by atoms with Gasteiger partial charge in [-0.1, -0.05) is 42.5 Å². The summed E-state index contributed by atoms with van der Waals surface area (Å²) in [5.74, 6) is 0.861. The van der Waals surface area contributed by atoms with Crippen LogP contribution in [0.3, 0.4) is 0 Å². The molecule has 2 heterocycles. The molecule has 0 aliphatic carbocycles. The van der Waals surface area contributed by atoms with Gasteiger partial charge in [-0.15, -0.1) is 11.3 Å². The second-order valence-electron chi connectivity index (χ2n) is 6.36. The molecule has 136 valence electrons. The van der Waals surface area contributed by atoms with E-state index in [1.807, 2.05) is 42.5 Å². The highest BCUT2D eigenvalue weighted by molar-refractivity contribution is 7.97. The van der Waals surface area contributed by atoms with Crippen molar-refractivity contribution in [3.05, 3.63) is 88.9 Å². The van der Waals surface area contributed by atoms with E-state index in [2.05, 4.69) is 45.8 Å². The molecular formula is C22H20N2OS2. The number of carbonyl (C=O) groups excluding carboxylic acids is 1. The molecule has 0 radical (unpaired) electrons. The molecule has 4 aromatic rings. The lowest BCUT2D eigenvalue weighted by Crippen LogP contribution is -2.17. The van der Waals surface area contributed by atoms with Crippen molar-refractivity contribution in [1.29, 1.82) is 0 Å². The average Bonchev–Trinajstić information content (AvgIpc) is 3.26. The molecule has 0 saturated heterocycles. The first kappa shape index (κ1) is 17.9. The second-order valence-corrected chi connectivity index (χ2v) is 8.17. The van der Waals surface area contributed by atoms with Crippen LogP contribution in [0.4, 0.5) is 5.69 Å². The van der Waals surface area contributed by atoms with E-state index in [1.165, 1.54) is 11.1 Å². The standard InChI is InChI=1S/C22H20N2OS2/c1-26-15-17-8-5-9-18(12-17)23-22(25)20-13-21-19(10-11-27-21)24(20)14-16-6-3-2-4-7-16/h2-13H,14-15H2,1H3,(H,23,25). The summed E-state index contributed by atoms with van der Waals surface area (Å²) in [5.41, 5.74) is 5.02. The highest BCUT2D eigenvalue weighted by atomic mass is 32.2. The zero-order valence-electron chi connectivity index (χ0n) is 15.0. The minimum atomic E-state index is -0.0735. The molecule has 0 fully saturated rings. The van der Waals surface area contributed by atoms with Gasteiger partial charge in [0, 0.05) is 18.0 Å². The second kappa shape index (κ2) is 8.03. The molecule has 4 rings (SSSR count). The number of hydrogen-bond acceptors (Lipinski definition) is 3. The van der Waals surface area contributed by atoms with Crippen molar-refractivity contribution in [2.45, 2.75) is 12.3 Å². The van der Waals surface area contributed by atoms with E-state index in [0.29, 0.717) is 12.2 Å². The highest BCUT2D eigenvalue weighted by Gasteiger charge is 2.17. The first-order valence-electron chi connectivity index (χ1n) is 8.74. The summed E-state index contributed by atoms with van der Waals surface area (Å²) >= 11 is 3.43. The van der Waals surface area contributed by atoms with Crippen molar-refractivity contribution in [3.8, 4) is 0 Å². The van der Waals surface area contributed by atoms with Crippen LogP contribution in [-0.2, 0) is 12.3 Å². The van der Waals surface area contributed by atoms with Gasteiger partial charge < -0.3 is 9.88 Å². The van der Waals surface area contributed by atoms with E-state index < -0.39 is 0 Å². The maximum Gasteiger partial charge on any atom is 0.272 e. The first-order chi connectivity index (χ1) is 13.2. The lowest BCUT2D eigenvalue weighted by atomic mass is 10.2. The number of nitrogens with zero attached hydrogens (tertiary/aromatic N) is 1. The van der Waals surface area contributed by atoms with Gasteiger partial charge in [0.1, 0.15) is 5.69 Å². The highest BCUT2D eigenvalue weighted by Crippen LogP contribution is 2.27. The van der Waals surface area contributed by atoms with Gasteiger partial charge in [-0.2, -0.15) is 11.8 Å². The Hall–Kier alpha value is -2.50. The van der Waals surface area contributed by atoms with Gasteiger partial charge >= 0.3 is 0 Å². The largest absolute Gasteiger partial charge is 0.331 e. The quantitative estimate of drug-likeness (QED) is 0.445. The van der Waals surface area contributed by atoms with Gasteiger partial charge in [-0.25, -0.2) is 0 Å². The van der Waals surface area contributed by atoms with Crippen LogP contribution in [0, 0.1) is 0 Å². The number of thiophene rings is 1. The molecule has 1 N–H and O–H groups in total. The maximum absolute atomic E-state index is 13.0. The number of rotatable bonds is 6. The van der Waals surface area contributed by atoms with Gasteiger partial charge in [0.2, 0.25) is 0 Å². The Morgan fingerprint density at radius 2 is 1.85 bits per heavy atom. The van der Waals surface area contributed by atoms with Crippen LogP contribution < -0.4 is 5.32 Å². The molecule has 2 aromatic carbocycles. The Kier molecular flexibility index (Phi) is 5.32. The van der Waals surface area contributed by atoms with E-state index in [4.69, 9.17) is 0 Å². The molecule has 2 aromatic heterocycles. The fourth-order valence-electron chi connectivity index (χ4n) is 3.20. The summed E-state index contributed by atoms with van der Waals surface area (Å²) in [7, 11) is 0. The van der Waals surface area contributed by atoms with Crippen molar-refractivity contribution >= 4 is 44.9 Å². The average molecular weight is 393 g/mol. The van der Waals surface area contributed by atoms with Crippen molar-refractivity contribution in [1.82, 2.24) is 4.57 Å². The Morgan fingerprint density at radius 3 is 2.67 bits per heavy atom. The van der Waals surface area contributed by atoms with Gasteiger partial charge in [0.05, 0.1) is 10.2 Å². The van der Waals surface area contributed by atoms with Gasteiger partial charge in [0.15, 0.2) is 0 Å². The molecule has 0 saturated carbocycles. The summed E-state index contributed by atoms with van der Waals surface area (Å²) in [5, 5.41) is 5.14. The maximum atomic E-state index is 13.0. The van der Waals surface area contributed by atoms with Crippen LogP contribution in [0.25, 0.3) is 10.2 Å². The molecular weight excluding hydrogens is 372 g/mol. The number of benzene rings is 2. The molecule has 0 aliphatic heterocycles. The summed E-state index contributed by atoms with van der Waals surface area (Å²) in [6, 6.07) is 22.4. The lowest BCUT2D eigenvalue weighted by molar-refractivity contribution is 0.101. The van der Waals surface area contributed by atoms with Gasteiger partial charge in [-0.05, 0) is 47.0 Å². The summed E-state index contributed by atoms with van der Waals surface area (Å²) in [6.07, 6.45) is 2.08. The molecule has 1 amide bonds. The molecule has 0 bridgehead atoms. The molecule has 0 unspecified atom stereocenters. The predicted octanol–water partition coefficient (Wildman–Crippen LogP) is 5.87. The van der Waals surface area contributed by atoms with Crippen LogP contribution >= 0.6 is 23.1 Å². The number of amides is 1. The van der Waals surface area contributed by atoms with Crippen molar-refractivity contribution < 1.29 is 4.79 Å². The molecule has 5 heteroatoms. The summed E-state index contributed by atoms with van der Waals surface area (Å²) < 4.78 is 3.23. The fraction of sp³-hybridized carbons (Fsp3) is 0.136. The van der Waals surface area contributed by atoms with Crippen molar-refractivity contribution in [3.63, 3.8) is 0 Å². The lowest BCUT2D eigenvalue weighted by Gasteiger charge is -2.12. The molecule has 0 aliphatic rings. The number of fused-ring (bicyclic) bond motifs is 1. The zero-order chi connectivity index (χ0) is 18.6. The van der Waals surface area contributed by atoms with Gasteiger partial charge in [0.25, 0.3) is 5.91 Å². The van der Waals surface area contributed by atoms with Crippen LogP contribution in [0.15, 0.2) is 72.1 Å². The summed E-state index contributed by atoms with van der Waals surface area (Å²) in [4.78, 5) is 13.0. The number of anilines is 1. The number of hydrogen-bond donors (Lipinski definition) is 1. The number of carbonyl (C=O) groups is 1.